The highest BCUT2D eigenvalue weighted by molar-refractivity contribution is 6.35. The number of piperazine rings is 1. The summed E-state index contributed by atoms with van der Waals surface area (Å²) in [5, 5.41) is 6.63. The van der Waals surface area contributed by atoms with Crippen LogP contribution in [-0.2, 0) is 14.4 Å². The van der Waals surface area contributed by atoms with E-state index >= 15 is 0 Å². The summed E-state index contributed by atoms with van der Waals surface area (Å²) >= 11 is 0. The van der Waals surface area contributed by atoms with E-state index in [-0.39, 0.29) is 12.5 Å². The molecule has 1 fully saturated rings. The third-order valence-corrected chi connectivity index (χ3v) is 6.20. The fourth-order valence-electron chi connectivity index (χ4n) is 4.13. The zero-order valence-electron chi connectivity index (χ0n) is 22.3. The molecule has 0 atom stereocenters. The number of carbonyl (C=O) groups is 3. The van der Waals surface area contributed by atoms with Gasteiger partial charge in [0, 0.05) is 26.2 Å². The summed E-state index contributed by atoms with van der Waals surface area (Å²) in [6.45, 7) is 1.80. The Kier molecular flexibility index (Phi) is 9.54. The van der Waals surface area contributed by atoms with Crippen molar-refractivity contribution < 1.29 is 28.6 Å². The third kappa shape index (κ3) is 7.28. The fraction of sp³-hybridized carbons (Fsp3) is 0.241. The summed E-state index contributed by atoms with van der Waals surface area (Å²) in [6.07, 6.45) is 1.42. The Bertz CT molecular complexity index is 1350. The number of carbonyl (C=O) groups excluding carboxylic acids is 3. The minimum absolute atomic E-state index is 0.184. The molecule has 0 radical (unpaired) electrons. The molecule has 3 amide bonds. The van der Waals surface area contributed by atoms with Crippen molar-refractivity contribution in [2.24, 2.45) is 5.10 Å². The lowest BCUT2D eigenvalue weighted by Crippen LogP contribution is -2.52. The monoisotopic (exact) mass is 545 g/mol. The van der Waals surface area contributed by atoms with Gasteiger partial charge in [0.15, 0.2) is 6.61 Å². The summed E-state index contributed by atoms with van der Waals surface area (Å²) in [4.78, 5) is 40.8. The van der Waals surface area contributed by atoms with Crippen LogP contribution < -0.4 is 29.9 Å². The molecule has 0 aliphatic carbocycles. The van der Waals surface area contributed by atoms with Gasteiger partial charge in [-0.3, -0.25) is 14.4 Å². The summed E-state index contributed by atoms with van der Waals surface area (Å²) in [5.41, 5.74) is 4.47. The molecular weight excluding hydrogens is 514 g/mol. The average molecular weight is 546 g/mol. The number of methoxy groups -OCH3 is 2. The molecule has 1 aliphatic heterocycles. The van der Waals surface area contributed by atoms with Crippen molar-refractivity contribution in [2.75, 3.05) is 57.2 Å². The van der Waals surface area contributed by atoms with Crippen LogP contribution in [0.25, 0.3) is 0 Å². The van der Waals surface area contributed by atoms with Gasteiger partial charge in [0.05, 0.1) is 31.8 Å². The SMILES string of the molecule is COc1ccccc1NC(=O)COc1ccc(/C=N\NC(=O)C(=O)N2CCN(c3ccccc3OC)CC2)cc1. The molecule has 11 nitrogen and oxygen atoms in total. The van der Waals surface area contributed by atoms with Crippen molar-refractivity contribution in [1.82, 2.24) is 10.3 Å². The Labute approximate surface area is 232 Å². The Morgan fingerprint density at radius 2 is 1.50 bits per heavy atom. The van der Waals surface area contributed by atoms with Crippen molar-refractivity contribution in [1.29, 1.82) is 0 Å². The summed E-state index contributed by atoms with van der Waals surface area (Å²) in [5.74, 6) is 0.0426. The van der Waals surface area contributed by atoms with Crippen LogP contribution in [0.2, 0.25) is 0 Å². The predicted octanol–water partition coefficient (Wildman–Crippen LogP) is 2.52. The van der Waals surface area contributed by atoms with Crippen molar-refractivity contribution in [3.63, 3.8) is 0 Å². The van der Waals surface area contributed by atoms with Gasteiger partial charge in [0.25, 0.3) is 5.91 Å². The quantitative estimate of drug-likeness (QED) is 0.241. The Hall–Kier alpha value is -5.06. The maximum Gasteiger partial charge on any atom is 0.329 e. The fourth-order valence-corrected chi connectivity index (χ4v) is 4.13. The molecule has 4 rings (SSSR count). The molecule has 2 N–H and O–H groups in total. The summed E-state index contributed by atoms with van der Waals surface area (Å²) < 4.78 is 16.2. The van der Waals surface area contributed by atoms with Crippen LogP contribution in [0, 0.1) is 0 Å². The molecule has 208 valence electrons. The number of hydrogen-bond acceptors (Lipinski definition) is 8. The number of amides is 3. The lowest BCUT2D eigenvalue weighted by Gasteiger charge is -2.36. The standard InChI is InChI=1S/C29H31N5O6/c1-38-25-9-5-3-7-23(25)31-27(35)20-40-22-13-11-21(12-14-22)19-30-32-28(36)29(37)34-17-15-33(16-18-34)24-8-4-6-10-26(24)39-2/h3-14,19H,15-18,20H2,1-2H3,(H,31,35)(H,32,36)/b30-19-. The minimum atomic E-state index is -0.803. The van der Waals surface area contributed by atoms with Crippen molar-refractivity contribution in [2.45, 2.75) is 0 Å². The highest BCUT2D eigenvalue weighted by Crippen LogP contribution is 2.28. The van der Waals surface area contributed by atoms with E-state index in [2.05, 4.69) is 20.7 Å². The first kappa shape index (κ1) is 28.0. The van der Waals surface area contributed by atoms with Crippen LogP contribution >= 0.6 is 0 Å². The second-order valence-corrected chi connectivity index (χ2v) is 8.76. The molecule has 40 heavy (non-hydrogen) atoms. The maximum atomic E-state index is 12.6. The van der Waals surface area contributed by atoms with Crippen molar-refractivity contribution in [3.05, 3.63) is 78.4 Å². The van der Waals surface area contributed by atoms with Crippen molar-refractivity contribution >= 4 is 35.3 Å². The van der Waals surface area contributed by atoms with Gasteiger partial charge >= 0.3 is 11.8 Å². The number of para-hydroxylation sites is 4. The second-order valence-electron chi connectivity index (χ2n) is 8.76. The van der Waals surface area contributed by atoms with Crippen LogP contribution in [0.15, 0.2) is 77.9 Å². The first-order valence-electron chi connectivity index (χ1n) is 12.6. The molecule has 0 saturated carbocycles. The van der Waals surface area contributed by atoms with E-state index in [1.807, 2.05) is 30.3 Å². The van der Waals surface area contributed by atoms with Gasteiger partial charge in [-0.2, -0.15) is 5.10 Å². The zero-order valence-corrected chi connectivity index (χ0v) is 22.3. The first-order chi connectivity index (χ1) is 19.5. The van der Waals surface area contributed by atoms with Gasteiger partial charge in [0.1, 0.15) is 17.2 Å². The lowest BCUT2D eigenvalue weighted by atomic mass is 10.2. The van der Waals surface area contributed by atoms with E-state index in [4.69, 9.17) is 14.2 Å². The van der Waals surface area contributed by atoms with E-state index < -0.39 is 11.8 Å². The summed E-state index contributed by atoms with van der Waals surface area (Å²) in [7, 11) is 3.15. The molecule has 0 bridgehead atoms. The number of benzene rings is 3. The van der Waals surface area contributed by atoms with Gasteiger partial charge in [-0.15, -0.1) is 0 Å². The molecule has 3 aromatic carbocycles. The zero-order chi connectivity index (χ0) is 28.3. The van der Waals surface area contributed by atoms with E-state index in [1.165, 1.54) is 18.2 Å². The van der Waals surface area contributed by atoms with Gasteiger partial charge in [-0.1, -0.05) is 24.3 Å². The first-order valence-corrected chi connectivity index (χ1v) is 12.6. The lowest BCUT2D eigenvalue weighted by molar-refractivity contribution is -0.146. The topological polar surface area (TPSA) is 122 Å². The maximum absolute atomic E-state index is 12.6. The molecular formula is C29H31N5O6. The number of ether oxygens (including phenoxy) is 3. The van der Waals surface area contributed by atoms with E-state index in [0.29, 0.717) is 48.9 Å². The molecule has 3 aromatic rings. The van der Waals surface area contributed by atoms with Gasteiger partial charge in [-0.25, -0.2) is 5.43 Å². The number of hydrazone groups is 1. The van der Waals surface area contributed by atoms with Gasteiger partial charge in [0.2, 0.25) is 0 Å². The van der Waals surface area contributed by atoms with Crippen LogP contribution in [-0.4, -0.2) is 75.8 Å². The van der Waals surface area contributed by atoms with E-state index in [9.17, 15) is 14.4 Å². The normalized spacial score (nSPS) is 13.1. The second kappa shape index (κ2) is 13.7. The van der Waals surface area contributed by atoms with Gasteiger partial charge < -0.3 is 29.3 Å². The number of hydrogen-bond donors (Lipinski definition) is 2. The van der Waals surface area contributed by atoms with Crippen molar-refractivity contribution in [3.8, 4) is 17.2 Å². The molecule has 0 aromatic heterocycles. The van der Waals surface area contributed by atoms with E-state index in [1.54, 1.807) is 49.6 Å². The number of rotatable bonds is 9. The largest absolute Gasteiger partial charge is 0.495 e. The molecule has 1 aliphatic rings. The highest BCUT2D eigenvalue weighted by atomic mass is 16.5. The van der Waals surface area contributed by atoms with E-state index in [0.717, 1.165) is 11.4 Å². The predicted molar refractivity (Wildman–Crippen MR) is 151 cm³/mol. The minimum Gasteiger partial charge on any atom is -0.495 e. The molecule has 1 saturated heterocycles. The average Bonchev–Trinajstić information content (AvgIpc) is 3.00. The summed E-state index contributed by atoms with van der Waals surface area (Å²) in [6, 6.07) is 21.6. The number of nitrogens with one attached hydrogen (secondary N) is 2. The van der Waals surface area contributed by atoms with Crippen LogP contribution in [0.3, 0.4) is 0 Å². The molecule has 11 heteroatoms. The molecule has 0 spiro atoms. The Morgan fingerprint density at radius 3 is 2.20 bits per heavy atom. The van der Waals surface area contributed by atoms with Crippen LogP contribution in [0.4, 0.5) is 11.4 Å². The van der Waals surface area contributed by atoms with Crippen LogP contribution in [0.5, 0.6) is 17.2 Å². The third-order valence-electron chi connectivity index (χ3n) is 6.20. The molecule has 0 unspecified atom stereocenters. The Balaban J connectivity index is 1.20. The van der Waals surface area contributed by atoms with Crippen LogP contribution in [0.1, 0.15) is 5.56 Å². The highest BCUT2D eigenvalue weighted by Gasteiger charge is 2.26. The Morgan fingerprint density at radius 1 is 0.850 bits per heavy atom. The number of anilines is 2. The van der Waals surface area contributed by atoms with Gasteiger partial charge in [-0.05, 0) is 54.1 Å². The smallest absolute Gasteiger partial charge is 0.329 e. The number of nitrogens with zero attached hydrogens (tertiary/aromatic N) is 3. The molecule has 1 heterocycles.